The summed E-state index contributed by atoms with van der Waals surface area (Å²) in [6.45, 7) is 0.739. The minimum atomic E-state index is -0.801. The van der Waals surface area contributed by atoms with Crippen molar-refractivity contribution in [2.45, 2.75) is 12.8 Å². The van der Waals surface area contributed by atoms with Crippen LogP contribution in [-0.4, -0.2) is 44.6 Å². The summed E-state index contributed by atoms with van der Waals surface area (Å²) < 4.78 is 1.69. The number of nitrogens with two attached hydrogens (primary N) is 1. The molecule has 0 saturated carbocycles. The molecule has 0 spiro atoms. The molecular weight excluding hydrogens is 438 g/mol. The van der Waals surface area contributed by atoms with E-state index in [9.17, 15) is 9.59 Å². The van der Waals surface area contributed by atoms with E-state index >= 15 is 0 Å². The summed E-state index contributed by atoms with van der Waals surface area (Å²) in [4.78, 5) is 32.2. The van der Waals surface area contributed by atoms with Gasteiger partial charge in [-0.15, -0.1) is 0 Å². The van der Waals surface area contributed by atoms with Gasteiger partial charge in [0.1, 0.15) is 5.69 Å². The summed E-state index contributed by atoms with van der Waals surface area (Å²) >= 11 is 0. The number of nitrogens with zero attached hydrogens (tertiary/aromatic N) is 4. The van der Waals surface area contributed by atoms with Crippen molar-refractivity contribution in [2.24, 2.45) is 18.2 Å². The number of amides is 2. The lowest BCUT2D eigenvalue weighted by Crippen LogP contribution is -2.42. The van der Waals surface area contributed by atoms with Gasteiger partial charge in [-0.2, -0.15) is 5.10 Å². The fourth-order valence-corrected chi connectivity index (χ4v) is 4.74. The summed E-state index contributed by atoms with van der Waals surface area (Å²) in [6.07, 6.45) is 4.59. The molecule has 2 amide bonds. The zero-order valence-electron chi connectivity index (χ0n) is 19.6. The molecule has 1 atom stereocenters. The maximum absolute atomic E-state index is 13.3. The molecule has 0 bridgehead atoms. The highest BCUT2D eigenvalue weighted by Gasteiger charge is 2.45. The largest absolute Gasteiger partial charge is 0.369 e. The van der Waals surface area contributed by atoms with Gasteiger partial charge in [0, 0.05) is 31.9 Å². The number of hydrogen-bond acceptors (Lipinski definition) is 4. The highest BCUT2D eigenvalue weighted by molar-refractivity contribution is 5.94. The molecule has 3 heterocycles. The van der Waals surface area contributed by atoms with Crippen LogP contribution in [0.2, 0.25) is 0 Å². The maximum Gasteiger partial charge on any atom is 0.272 e. The zero-order chi connectivity index (χ0) is 24.4. The van der Waals surface area contributed by atoms with Crippen LogP contribution >= 0.6 is 0 Å². The lowest BCUT2D eigenvalue weighted by molar-refractivity contribution is -0.126. The van der Waals surface area contributed by atoms with Gasteiger partial charge in [0.25, 0.3) is 5.91 Å². The van der Waals surface area contributed by atoms with Crippen molar-refractivity contribution < 1.29 is 9.59 Å². The average molecular weight is 466 g/mol. The van der Waals surface area contributed by atoms with Crippen LogP contribution in [-0.2, 0) is 18.3 Å². The molecule has 35 heavy (non-hydrogen) atoms. The Hall–Kier alpha value is -4.26. The molecule has 0 radical (unpaired) electrons. The van der Waals surface area contributed by atoms with Crippen molar-refractivity contribution >= 4 is 11.8 Å². The first-order chi connectivity index (χ1) is 16.9. The van der Waals surface area contributed by atoms with Crippen molar-refractivity contribution in [1.82, 2.24) is 19.7 Å². The summed E-state index contributed by atoms with van der Waals surface area (Å²) in [5.41, 5.74) is 10.3. The van der Waals surface area contributed by atoms with Crippen LogP contribution in [0.25, 0.3) is 22.4 Å². The van der Waals surface area contributed by atoms with E-state index < -0.39 is 5.41 Å². The van der Waals surface area contributed by atoms with Gasteiger partial charge in [0.2, 0.25) is 5.91 Å². The Morgan fingerprint density at radius 2 is 1.69 bits per heavy atom. The van der Waals surface area contributed by atoms with E-state index in [-0.39, 0.29) is 18.4 Å². The van der Waals surface area contributed by atoms with Crippen LogP contribution in [0, 0.1) is 5.41 Å². The number of rotatable bonds is 6. The zero-order valence-corrected chi connectivity index (χ0v) is 19.6. The fourth-order valence-electron chi connectivity index (χ4n) is 4.74. The van der Waals surface area contributed by atoms with Crippen LogP contribution in [0.15, 0.2) is 85.2 Å². The second-order valence-electron chi connectivity index (χ2n) is 9.17. The van der Waals surface area contributed by atoms with E-state index in [0.29, 0.717) is 30.8 Å². The van der Waals surface area contributed by atoms with E-state index in [1.54, 1.807) is 21.8 Å². The average Bonchev–Trinajstić information content (AvgIpc) is 3.52. The van der Waals surface area contributed by atoms with Crippen LogP contribution in [0.1, 0.15) is 22.5 Å². The third-order valence-electron chi connectivity index (χ3n) is 6.74. The molecular formula is C28H27N5O2. The van der Waals surface area contributed by atoms with Gasteiger partial charge in [0.05, 0.1) is 17.3 Å². The first-order valence-electron chi connectivity index (χ1n) is 11.6. The van der Waals surface area contributed by atoms with Crippen molar-refractivity contribution in [3.05, 3.63) is 96.4 Å². The molecule has 7 nitrogen and oxygen atoms in total. The summed E-state index contributed by atoms with van der Waals surface area (Å²) in [5.74, 6) is -0.574. The lowest BCUT2D eigenvalue weighted by atomic mass is 9.80. The Balaban J connectivity index is 1.33. The van der Waals surface area contributed by atoms with Crippen molar-refractivity contribution in [3.8, 4) is 22.4 Å². The van der Waals surface area contributed by atoms with Crippen LogP contribution < -0.4 is 5.73 Å². The molecule has 1 fully saturated rings. The standard InChI is InChI=1S/C28H27N5O2/c1-32-18-23(17-30-32)24-8-5-9-25(31-24)26(34)33-15-14-28(19-33,27(29)35)16-20-10-12-22(13-11-20)21-6-3-2-4-7-21/h2-13,17-18H,14-16,19H2,1H3,(H2,29,35)/t28-/m1/s1. The number of hydrogen-bond donors (Lipinski definition) is 1. The van der Waals surface area contributed by atoms with Gasteiger partial charge < -0.3 is 10.6 Å². The number of pyridine rings is 1. The predicted molar refractivity (Wildman–Crippen MR) is 134 cm³/mol. The summed E-state index contributed by atoms with van der Waals surface area (Å²) in [6, 6.07) is 23.7. The lowest BCUT2D eigenvalue weighted by Gasteiger charge is -2.26. The number of benzene rings is 2. The van der Waals surface area contributed by atoms with Gasteiger partial charge in [0.15, 0.2) is 0 Å². The Morgan fingerprint density at radius 3 is 2.37 bits per heavy atom. The number of carbonyl (C=O) groups excluding carboxylic acids is 2. The van der Waals surface area contributed by atoms with Gasteiger partial charge in [-0.1, -0.05) is 60.7 Å². The molecule has 2 aromatic heterocycles. The minimum Gasteiger partial charge on any atom is -0.369 e. The Labute approximate surface area is 204 Å². The third kappa shape index (κ3) is 4.57. The highest BCUT2D eigenvalue weighted by Crippen LogP contribution is 2.35. The smallest absolute Gasteiger partial charge is 0.272 e. The van der Waals surface area contributed by atoms with Gasteiger partial charge in [-0.05, 0) is 41.7 Å². The normalized spacial score (nSPS) is 17.5. The second-order valence-corrected chi connectivity index (χ2v) is 9.17. The minimum absolute atomic E-state index is 0.196. The molecule has 7 heteroatoms. The molecule has 2 aromatic carbocycles. The number of likely N-dealkylation sites (tertiary alicyclic amines) is 1. The van der Waals surface area contributed by atoms with Gasteiger partial charge >= 0.3 is 0 Å². The molecule has 5 rings (SSSR count). The molecule has 1 saturated heterocycles. The molecule has 1 aliphatic heterocycles. The molecule has 0 aliphatic carbocycles. The van der Waals surface area contributed by atoms with Crippen LogP contribution in [0.5, 0.6) is 0 Å². The number of aryl methyl sites for hydroxylation is 1. The summed E-state index contributed by atoms with van der Waals surface area (Å²) in [7, 11) is 1.83. The molecule has 176 valence electrons. The fraction of sp³-hybridized carbons (Fsp3) is 0.214. The van der Waals surface area contributed by atoms with E-state index in [4.69, 9.17) is 5.73 Å². The van der Waals surface area contributed by atoms with Crippen molar-refractivity contribution in [3.63, 3.8) is 0 Å². The highest BCUT2D eigenvalue weighted by atomic mass is 16.2. The van der Waals surface area contributed by atoms with E-state index in [1.165, 1.54) is 0 Å². The summed E-state index contributed by atoms with van der Waals surface area (Å²) in [5, 5.41) is 4.18. The monoisotopic (exact) mass is 465 g/mol. The number of carbonyl (C=O) groups is 2. The predicted octanol–water partition coefficient (Wildman–Crippen LogP) is 3.71. The van der Waals surface area contributed by atoms with Gasteiger partial charge in [-0.25, -0.2) is 4.98 Å². The van der Waals surface area contributed by atoms with Crippen LogP contribution in [0.4, 0.5) is 0 Å². The number of aromatic nitrogens is 3. The first kappa shape index (κ1) is 22.5. The van der Waals surface area contributed by atoms with E-state index in [1.807, 2.05) is 55.7 Å². The third-order valence-corrected chi connectivity index (χ3v) is 6.74. The van der Waals surface area contributed by atoms with E-state index in [2.05, 4.69) is 34.3 Å². The topological polar surface area (TPSA) is 94.1 Å². The Morgan fingerprint density at radius 1 is 0.943 bits per heavy atom. The van der Waals surface area contributed by atoms with Crippen LogP contribution in [0.3, 0.4) is 0 Å². The van der Waals surface area contributed by atoms with Gasteiger partial charge in [-0.3, -0.25) is 14.3 Å². The quantitative estimate of drug-likeness (QED) is 0.470. The van der Waals surface area contributed by atoms with Crippen molar-refractivity contribution in [1.29, 1.82) is 0 Å². The Bertz CT molecular complexity index is 1360. The second kappa shape index (κ2) is 9.18. The van der Waals surface area contributed by atoms with E-state index in [0.717, 1.165) is 22.3 Å². The number of primary amides is 1. The van der Waals surface area contributed by atoms with Crippen molar-refractivity contribution in [2.75, 3.05) is 13.1 Å². The first-order valence-corrected chi connectivity index (χ1v) is 11.6. The SMILES string of the molecule is Cn1cc(-c2cccc(C(=O)N3CC[C@](Cc4ccc(-c5ccccc5)cc4)(C(N)=O)C3)n2)cn1. The molecule has 2 N–H and O–H groups in total. The molecule has 1 aliphatic rings. The Kier molecular flexibility index (Phi) is 5.91. The molecule has 4 aromatic rings. The maximum atomic E-state index is 13.3. The molecule has 0 unspecified atom stereocenters.